The van der Waals surface area contributed by atoms with Gasteiger partial charge in [0.15, 0.2) is 0 Å². The van der Waals surface area contributed by atoms with E-state index in [9.17, 15) is 13.2 Å². The predicted molar refractivity (Wildman–Crippen MR) is 91.4 cm³/mol. The molecule has 2 heterocycles. The van der Waals surface area contributed by atoms with Gasteiger partial charge in [-0.15, -0.1) is 11.3 Å². The summed E-state index contributed by atoms with van der Waals surface area (Å²) in [4.78, 5) is 16.4. The second-order valence-corrected chi connectivity index (χ2v) is 10.5. The summed E-state index contributed by atoms with van der Waals surface area (Å²) in [6.45, 7) is 7.58. The van der Waals surface area contributed by atoms with Gasteiger partial charge in [0.05, 0.1) is 10.1 Å². The quantitative estimate of drug-likeness (QED) is 0.829. The van der Waals surface area contributed by atoms with Crippen molar-refractivity contribution in [1.82, 2.24) is 4.90 Å². The first-order chi connectivity index (χ1) is 10.1. The molecule has 0 spiro atoms. The molecule has 0 N–H and O–H groups in total. The van der Waals surface area contributed by atoms with Crippen molar-refractivity contribution < 1.29 is 13.2 Å². The summed E-state index contributed by atoms with van der Waals surface area (Å²) in [5.74, 6) is 0.0367. The highest BCUT2D eigenvalue weighted by Gasteiger charge is 2.28. The Hall–Kier alpha value is -0.880. The summed E-state index contributed by atoms with van der Waals surface area (Å²) >= 11 is 1.55. The summed E-state index contributed by atoms with van der Waals surface area (Å²) in [5.41, 5.74) is 0.0450. The molecule has 124 valence electrons. The fraction of sp³-hybridized carbons (Fsp3) is 0.688. The molecule has 1 aromatic rings. The van der Waals surface area contributed by atoms with Gasteiger partial charge in [0.2, 0.25) is 0 Å². The molecule has 6 heteroatoms. The lowest BCUT2D eigenvalue weighted by Gasteiger charge is -2.20. The topological polar surface area (TPSA) is 54.5 Å². The van der Waals surface area contributed by atoms with Crippen LogP contribution in [0.4, 0.5) is 0 Å². The van der Waals surface area contributed by atoms with Crippen LogP contribution >= 0.6 is 11.3 Å². The second-order valence-electron chi connectivity index (χ2n) is 7.09. The van der Waals surface area contributed by atoms with Crippen molar-refractivity contribution in [3.63, 3.8) is 0 Å². The maximum atomic E-state index is 12.6. The van der Waals surface area contributed by atoms with Crippen LogP contribution in [-0.4, -0.2) is 43.8 Å². The highest BCUT2D eigenvalue weighted by Crippen LogP contribution is 2.30. The van der Waals surface area contributed by atoms with Gasteiger partial charge < -0.3 is 4.90 Å². The fourth-order valence-corrected chi connectivity index (χ4v) is 4.87. The van der Waals surface area contributed by atoms with Crippen molar-refractivity contribution >= 4 is 27.1 Å². The van der Waals surface area contributed by atoms with Crippen LogP contribution in [-0.2, 0) is 15.3 Å². The average Bonchev–Trinajstić information content (AvgIpc) is 2.74. The third kappa shape index (κ3) is 4.10. The average molecular weight is 344 g/mol. The summed E-state index contributed by atoms with van der Waals surface area (Å²) in [5, 5.41) is -0.307. The lowest BCUT2D eigenvalue weighted by Crippen LogP contribution is -2.32. The number of amides is 1. The molecule has 1 fully saturated rings. The summed E-state index contributed by atoms with van der Waals surface area (Å²) in [7, 11) is -3.01. The molecule has 4 nitrogen and oxygen atoms in total. The van der Waals surface area contributed by atoms with Crippen molar-refractivity contribution in [2.24, 2.45) is 0 Å². The third-order valence-electron chi connectivity index (χ3n) is 4.12. The van der Waals surface area contributed by atoms with Crippen LogP contribution < -0.4 is 0 Å². The first-order valence-corrected chi connectivity index (χ1v) is 10.4. The van der Waals surface area contributed by atoms with Crippen LogP contribution in [0, 0.1) is 0 Å². The van der Waals surface area contributed by atoms with Crippen LogP contribution in [0.1, 0.15) is 54.6 Å². The van der Waals surface area contributed by atoms with Gasteiger partial charge in [-0.05, 0) is 36.8 Å². The van der Waals surface area contributed by atoms with E-state index in [0.717, 1.165) is 11.3 Å². The Bertz CT molecular complexity index is 641. The Morgan fingerprint density at radius 3 is 2.45 bits per heavy atom. The van der Waals surface area contributed by atoms with Crippen LogP contribution in [0.3, 0.4) is 0 Å². The lowest BCUT2D eigenvalue weighted by molar-refractivity contribution is 0.0766. The molecule has 1 aliphatic heterocycles. The van der Waals surface area contributed by atoms with Gasteiger partial charge in [-0.1, -0.05) is 20.8 Å². The Morgan fingerprint density at radius 1 is 1.23 bits per heavy atom. The molecule has 1 aromatic heterocycles. The van der Waals surface area contributed by atoms with Gasteiger partial charge in [-0.2, -0.15) is 0 Å². The number of sulfone groups is 1. The monoisotopic (exact) mass is 343 g/mol. The molecule has 0 bridgehead atoms. The Kier molecular flexibility index (Phi) is 5.02. The highest BCUT2D eigenvalue weighted by molar-refractivity contribution is 7.91. The van der Waals surface area contributed by atoms with E-state index < -0.39 is 9.84 Å². The molecule has 1 unspecified atom stereocenters. The standard InChI is InChI=1S/C16H25NO3S2/c1-16(2,3)14-8-7-13(21-14)15(18)17-10-5-6-12(9-11-17)22(4,19)20/h7-8,12H,5-6,9-11H2,1-4H3. The molecule has 0 aromatic carbocycles. The zero-order chi connectivity index (χ0) is 16.5. The van der Waals surface area contributed by atoms with E-state index in [4.69, 9.17) is 0 Å². The zero-order valence-electron chi connectivity index (χ0n) is 13.8. The van der Waals surface area contributed by atoms with E-state index >= 15 is 0 Å². The normalized spacial score (nSPS) is 20.7. The number of hydrogen-bond donors (Lipinski definition) is 0. The number of thiophene rings is 1. The molecule has 1 aliphatic rings. The fourth-order valence-electron chi connectivity index (χ4n) is 2.71. The van der Waals surface area contributed by atoms with E-state index in [1.165, 1.54) is 11.1 Å². The summed E-state index contributed by atoms with van der Waals surface area (Å²) in [6, 6.07) is 3.92. The number of rotatable bonds is 2. The first-order valence-electron chi connectivity index (χ1n) is 7.67. The highest BCUT2D eigenvalue weighted by atomic mass is 32.2. The van der Waals surface area contributed by atoms with Gasteiger partial charge in [-0.3, -0.25) is 4.79 Å². The molecule has 1 amide bonds. The van der Waals surface area contributed by atoms with E-state index in [0.29, 0.717) is 25.9 Å². The van der Waals surface area contributed by atoms with Crippen LogP contribution in [0.2, 0.25) is 0 Å². The molecule has 0 saturated carbocycles. The molecular formula is C16H25NO3S2. The van der Waals surface area contributed by atoms with Crippen LogP contribution in [0.25, 0.3) is 0 Å². The molecule has 0 aliphatic carbocycles. The van der Waals surface area contributed by atoms with E-state index in [1.807, 2.05) is 17.0 Å². The molecule has 2 rings (SSSR count). The molecule has 0 radical (unpaired) electrons. The number of hydrogen-bond acceptors (Lipinski definition) is 4. The molecule has 1 atom stereocenters. The maximum absolute atomic E-state index is 12.6. The van der Waals surface area contributed by atoms with Gasteiger partial charge in [0, 0.05) is 24.2 Å². The Labute approximate surface area is 137 Å². The minimum absolute atomic E-state index is 0.0367. The minimum Gasteiger partial charge on any atom is -0.338 e. The number of carbonyl (C=O) groups is 1. The zero-order valence-corrected chi connectivity index (χ0v) is 15.4. The lowest BCUT2D eigenvalue weighted by atomic mass is 9.95. The smallest absolute Gasteiger partial charge is 0.263 e. The second kappa shape index (κ2) is 6.32. The van der Waals surface area contributed by atoms with Crippen molar-refractivity contribution in [1.29, 1.82) is 0 Å². The van der Waals surface area contributed by atoms with E-state index in [-0.39, 0.29) is 16.6 Å². The number of carbonyl (C=O) groups excluding carboxylic acids is 1. The minimum atomic E-state index is -3.01. The molecular weight excluding hydrogens is 318 g/mol. The van der Waals surface area contributed by atoms with Gasteiger partial charge in [0.25, 0.3) is 5.91 Å². The molecule has 1 saturated heterocycles. The maximum Gasteiger partial charge on any atom is 0.263 e. The SMILES string of the molecule is CC(C)(C)c1ccc(C(=O)N2CCCC(S(C)(=O)=O)CC2)s1. The Morgan fingerprint density at radius 2 is 1.91 bits per heavy atom. The van der Waals surface area contributed by atoms with Crippen LogP contribution in [0.15, 0.2) is 12.1 Å². The third-order valence-corrected chi connectivity index (χ3v) is 7.31. The Balaban J connectivity index is 2.09. The van der Waals surface area contributed by atoms with Crippen molar-refractivity contribution in [2.75, 3.05) is 19.3 Å². The number of nitrogens with zero attached hydrogens (tertiary/aromatic N) is 1. The van der Waals surface area contributed by atoms with Gasteiger partial charge >= 0.3 is 0 Å². The van der Waals surface area contributed by atoms with Gasteiger partial charge in [-0.25, -0.2) is 8.42 Å². The first kappa shape index (κ1) is 17.5. The van der Waals surface area contributed by atoms with Crippen molar-refractivity contribution in [2.45, 2.75) is 50.7 Å². The van der Waals surface area contributed by atoms with Crippen molar-refractivity contribution in [3.8, 4) is 0 Å². The van der Waals surface area contributed by atoms with E-state index in [1.54, 1.807) is 11.3 Å². The largest absolute Gasteiger partial charge is 0.338 e. The summed E-state index contributed by atoms with van der Waals surface area (Å²) in [6.07, 6.45) is 3.24. The van der Waals surface area contributed by atoms with E-state index in [2.05, 4.69) is 20.8 Å². The van der Waals surface area contributed by atoms with Crippen molar-refractivity contribution in [3.05, 3.63) is 21.9 Å². The number of likely N-dealkylation sites (tertiary alicyclic amines) is 1. The summed E-state index contributed by atoms with van der Waals surface area (Å²) < 4.78 is 23.4. The molecule has 22 heavy (non-hydrogen) atoms. The predicted octanol–water partition coefficient (Wildman–Crippen LogP) is 3.08. The van der Waals surface area contributed by atoms with Gasteiger partial charge in [0.1, 0.15) is 9.84 Å². The van der Waals surface area contributed by atoms with Crippen LogP contribution in [0.5, 0.6) is 0 Å².